The van der Waals surface area contributed by atoms with Gasteiger partial charge in [0.2, 0.25) is 5.56 Å². The molecule has 16 nitrogen and oxygen atoms in total. The SMILES string of the molecule is C.CC(F)(F)c1cc(-c2ccc(CNC(=O)c3ccc(-c4cnccn4)cc3)cc2)ccn1.Cc1cc(-c2ccc(CNC(=O)c3ccc(-c4cncnc4)cc3)cc2)ccn1.Cn1cc(-c2ccc(CNC(=O)c3ccc(-c4cnccn4)cc3)cc2F)ccc1=O. The summed E-state index contributed by atoms with van der Waals surface area (Å²) in [6.45, 7) is 3.82. The second-order valence-electron chi connectivity index (χ2n) is 21.2. The van der Waals surface area contributed by atoms with Crippen molar-refractivity contribution in [2.45, 2.75) is 46.8 Å². The summed E-state index contributed by atoms with van der Waals surface area (Å²) in [7, 11) is 1.62. The molecule has 0 bridgehead atoms. The Morgan fingerprint density at radius 3 is 1.32 bits per heavy atom. The molecule has 464 valence electrons. The summed E-state index contributed by atoms with van der Waals surface area (Å²) in [4.78, 5) is 81.4. The third-order valence-electron chi connectivity index (χ3n) is 14.5. The summed E-state index contributed by atoms with van der Waals surface area (Å²) < 4.78 is 43.1. The fraction of sp³-hybridized carbons (Fsp3) is 0.108. The van der Waals surface area contributed by atoms with E-state index in [9.17, 15) is 32.3 Å². The maximum absolute atomic E-state index is 14.6. The van der Waals surface area contributed by atoms with Crippen molar-refractivity contribution in [1.82, 2.24) is 60.4 Å². The zero-order valence-corrected chi connectivity index (χ0v) is 50.1. The minimum absolute atomic E-state index is 0. The van der Waals surface area contributed by atoms with Crippen LogP contribution in [-0.2, 0) is 32.6 Å². The van der Waals surface area contributed by atoms with E-state index in [1.807, 2.05) is 92.0 Å². The molecular weight excluding hydrogens is 1180 g/mol. The molecular formula is C74H63F3N12O4. The van der Waals surface area contributed by atoms with Gasteiger partial charge in [-0.05, 0) is 124 Å². The number of halogens is 3. The number of hydrogen-bond acceptors (Lipinski definition) is 12. The van der Waals surface area contributed by atoms with Gasteiger partial charge in [0, 0.05) is 146 Å². The lowest BCUT2D eigenvalue weighted by Crippen LogP contribution is -2.22. The smallest absolute Gasteiger partial charge is 0.286 e. The van der Waals surface area contributed by atoms with Crippen LogP contribution in [0.5, 0.6) is 0 Å². The minimum atomic E-state index is -2.99. The lowest BCUT2D eigenvalue weighted by molar-refractivity contribution is 0.0128. The first-order valence-corrected chi connectivity index (χ1v) is 28.9. The molecule has 3 N–H and O–H groups in total. The summed E-state index contributed by atoms with van der Waals surface area (Å²) in [6, 6.07) is 52.1. The first kappa shape index (κ1) is 65.5. The van der Waals surface area contributed by atoms with Crippen LogP contribution in [0.25, 0.3) is 67.0 Å². The van der Waals surface area contributed by atoms with Gasteiger partial charge in [-0.3, -0.25) is 49.1 Å². The molecule has 6 heterocycles. The van der Waals surface area contributed by atoms with E-state index < -0.39 is 11.7 Å². The highest BCUT2D eigenvalue weighted by molar-refractivity contribution is 5.96. The van der Waals surface area contributed by atoms with Gasteiger partial charge in [-0.15, -0.1) is 0 Å². The van der Waals surface area contributed by atoms with Crippen LogP contribution in [-0.4, -0.2) is 62.2 Å². The van der Waals surface area contributed by atoms with E-state index in [-0.39, 0.29) is 42.9 Å². The zero-order chi connectivity index (χ0) is 64.4. The predicted molar refractivity (Wildman–Crippen MR) is 353 cm³/mol. The number of benzene rings is 6. The van der Waals surface area contributed by atoms with Crippen molar-refractivity contribution in [1.29, 1.82) is 0 Å². The number of aromatic nitrogens is 9. The molecule has 6 aromatic heterocycles. The molecule has 0 saturated carbocycles. The summed E-state index contributed by atoms with van der Waals surface area (Å²) >= 11 is 0. The first-order valence-electron chi connectivity index (χ1n) is 28.9. The second-order valence-corrected chi connectivity index (χ2v) is 21.2. The number of aryl methyl sites for hydroxylation is 2. The normalized spacial score (nSPS) is 10.7. The fourth-order valence-corrected chi connectivity index (χ4v) is 9.46. The summed E-state index contributed by atoms with van der Waals surface area (Å²) in [5.74, 6) is -3.96. The lowest BCUT2D eigenvalue weighted by Gasteiger charge is -2.11. The van der Waals surface area contributed by atoms with Crippen LogP contribution >= 0.6 is 0 Å². The molecule has 0 radical (unpaired) electrons. The lowest BCUT2D eigenvalue weighted by atomic mass is 10.0. The van der Waals surface area contributed by atoms with Crippen molar-refractivity contribution < 1.29 is 27.6 Å². The highest BCUT2D eigenvalue weighted by Gasteiger charge is 2.26. The molecule has 0 aliphatic carbocycles. The monoisotopic (exact) mass is 1240 g/mol. The van der Waals surface area contributed by atoms with Crippen LogP contribution in [0, 0.1) is 12.7 Å². The van der Waals surface area contributed by atoms with Crippen molar-refractivity contribution >= 4 is 17.7 Å². The highest BCUT2D eigenvalue weighted by Crippen LogP contribution is 2.30. The number of nitrogens with one attached hydrogen (secondary N) is 3. The Hall–Kier alpha value is -12.0. The Labute approximate surface area is 535 Å². The van der Waals surface area contributed by atoms with E-state index in [4.69, 9.17) is 0 Å². The van der Waals surface area contributed by atoms with Gasteiger partial charge in [0.15, 0.2) is 0 Å². The zero-order valence-electron chi connectivity index (χ0n) is 50.1. The van der Waals surface area contributed by atoms with E-state index in [1.54, 1.807) is 123 Å². The van der Waals surface area contributed by atoms with Gasteiger partial charge in [-0.25, -0.2) is 14.4 Å². The second kappa shape index (κ2) is 31.0. The number of carbonyl (C=O) groups excluding carboxylic acids is 3. The van der Waals surface area contributed by atoms with Crippen LogP contribution < -0.4 is 21.5 Å². The van der Waals surface area contributed by atoms with Crippen LogP contribution in [0.15, 0.2) is 255 Å². The number of carbonyl (C=O) groups is 3. The Balaban J connectivity index is 0.000000164. The third-order valence-corrected chi connectivity index (χ3v) is 14.5. The molecule has 19 heteroatoms. The maximum Gasteiger partial charge on any atom is 0.286 e. The number of amides is 3. The van der Waals surface area contributed by atoms with E-state index in [0.717, 1.165) is 74.1 Å². The maximum atomic E-state index is 14.6. The Morgan fingerprint density at radius 1 is 0.441 bits per heavy atom. The molecule has 12 aromatic rings. The van der Waals surface area contributed by atoms with Crippen LogP contribution in [0.2, 0.25) is 0 Å². The minimum Gasteiger partial charge on any atom is -0.348 e. The van der Waals surface area contributed by atoms with Crippen molar-refractivity contribution in [3.63, 3.8) is 0 Å². The van der Waals surface area contributed by atoms with E-state index in [1.165, 1.54) is 35.3 Å². The Morgan fingerprint density at radius 2 is 0.871 bits per heavy atom. The van der Waals surface area contributed by atoms with Crippen molar-refractivity contribution in [3.05, 3.63) is 311 Å². The Kier molecular flexibility index (Phi) is 21.8. The average Bonchev–Trinajstić information content (AvgIpc) is 1.16. The molecule has 93 heavy (non-hydrogen) atoms. The number of alkyl halides is 2. The average molecular weight is 1240 g/mol. The summed E-state index contributed by atoms with van der Waals surface area (Å²) in [5.41, 5.74) is 14.6. The molecule has 0 aliphatic rings. The highest BCUT2D eigenvalue weighted by atomic mass is 19.3. The van der Waals surface area contributed by atoms with Crippen LogP contribution in [0.3, 0.4) is 0 Å². The van der Waals surface area contributed by atoms with Gasteiger partial charge in [0.25, 0.3) is 23.6 Å². The van der Waals surface area contributed by atoms with Gasteiger partial charge in [0.05, 0.1) is 23.8 Å². The molecule has 6 aromatic carbocycles. The van der Waals surface area contributed by atoms with E-state index >= 15 is 0 Å². The molecule has 0 unspecified atom stereocenters. The van der Waals surface area contributed by atoms with Gasteiger partial charge in [0.1, 0.15) is 17.8 Å². The van der Waals surface area contributed by atoms with E-state index in [2.05, 4.69) is 74.0 Å². The molecule has 12 rings (SSSR count). The van der Waals surface area contributed by atoms with Crippen LogP contribution in [0.4, 0.5) is 13.2 Å². The molecule has 0 fully saturated rings. The van der Waals surface area contributed by atoms with Gasteiger partial charge < -0.3 is 20.5 Å². The number of nitrogens with zero attached hydrogens (tertiary/aromatic N) is 9. The van der Waals surface area contributed by atoms with Crippen molar-refractivity contribution in [2.75, 3.05) is 0 Å². The number of rotatable bonds is 16. The molecule has 3 amide bonds. The standard InChI is InChI=1S/C25H20F2N4O.C24H19FN4O2.C24H20N4O.CH4/c1-25(26,27)23-14-21(10-11-30-23)18-4-2-17(3-5-18)15-31-24(32)20-8-6-19(7-9-20)22-16-28-12-13-29-22;1-29-15-19(7-9-23(29)30)20-8-2-16(12-21(20)25)13-28-24(31)18-5-3-17(4-6-18)22-14-26-10-11-27-22;1-17-12-22(10-11-27-17)19-4-2-18(3-5-19)13-28-24(29)21-8-6-20(7-9-21)23-14-25-16-26-15-23;/h2-14,16H,15H2,1H3,(H,31,32);2-12,14-15H,13H2,1H3,(H,28,31);2-12,14-16H,13H2,1H3,(H,28,29);1H4. The van der Waals surface area contributed by atoms with Crippen molar-refractivity contribution in [2.24, 2.45) is 7.05 Å². The van der Waals surface area contributed by atoms with Crippen molar-refractivity contribution in [3.8, 4) is 67.0 Å². The first-order chi connectivity index (χ1) is 44.6. The quantitative estimate of drug-likeness (QED) is 0.0824. The molecule has 0 aliphatic heterocycles. The largest absolute Gasteiger partial charge is 0.348 e. The fourth-order valence-electron chi connectivity index (χ4n) is 9.46. The Bertz CT molecular complexity index is 4530. The van der Waals surface area contributed by atoms with Gasteiger partial charge in [-0.2, -0.15) is 8.78 Å². The molecule has 0 spiro atoms. The predicted octanol–water partition coefficient (Wildman–Crippen LogP) is 13.9. The number of pyridine rings is 3. The van der Waals surface area contributed by atoms with Crippen LogP contribution in [0.1, 0.15) is 73.5 Å². The molecule has 0 atom stereocenters. The third kappa shape index (κ3) is 17.9. The topological polar surface area (TPSA) is 212 Å². The number of hydrogen-bond donors (Lipinski definition) is 3. The van der Waals surface area contributed by atoms with Gasteiger partial charge >= 0.3 is 0 Å². The molecule has 0 saturated heterocycles. The van der Waals surface area contributed by atoms with E-state index in [0.29, 0.717) is 52.0 Å². The summed E-state index contributed by atoms with van der Waals surface area (Å²) in [6.07, 6.45) is 19.5. The summed E-state index contributed by atoms with van der Waals surface area (Å²) in [5, 5.41) is 8.65. The van der Waals surface area contributed by atoms with Gasteiger partial charge in [-0.1, -0.05) is 104 Å².